The van der Waals surface area contributed by atoms with Gasteiger partial charge in [0.2, 0.25) is 0 Å². The van der Waals surface area contributed by atoms with Crippen LogP contribution in [0.3, 0.4) is 0 Å². The first-order valence-electron chi connectivity index (χ1n) is 7.28. The van der Waals surface area contributed by atoms with Crippen molar-refractivity contribution in [3.05, 3.63) is 24.0 Å². The van der Waals surface area contributed by atoms with E-state index in [2.05, 4.69) is 15.2 Å². The van der Waals surface area contributed by atoms with E-state index in [4.69, 9.17) is 0 Å². The zero-order valence-corrected chi connectivity index (χ0v) is 11.4. The van der Waals surface area contributed by atoms with Gasteiger partial charge in [-0.05, 0) is 44.6 Å². The van der Waals surface area contributed by atoms with Gasteiger partial charge in [-0.3, -0.25) is 9.78 Å². The van der Waals surface area contributed by atoms with Gasteiger partial charge in [0.25, 0.3) is 5.91 Å². The minimum atomic E-state index is 0.151. The van der Waals surface area contributed by atoms with Crippen molar-refractivity contribution < 1.29 is 4.79 Å². The van der Waals surface area contributed by atoms with Crippen LogP contribution in [0.2, 0.25) is 0 Å². The van der Waals surface area contributed by atoms with Gasteiger partial charge in [0.05, 0.1) is 11.3 Å². The molecular weight excluding hydrogens is 238 g/mol. The highest BCUT2D eigenvalue weighted by Crippen LogP contribution is 2.36. The van der Waals surface area contributed by atoms with Crippen LogP contribution in [0.5, 0.6) is 0 Å². The zero-order chi connectivity index (χ0) is 13.2. The smallest absolute Gasteiger partial charge is 0.257 e. The fourth-order valence-corrected chi connectivity index (χ4v) is 2.43. The van der Waals surface area contributed by atoms with E-state index in [1.54, 1.807) is 12.4 Å². The van der Waals surface area contributed by atoms with E-state index in [1.165, 1.54) is 12.8 Å². The lowest BCUT2D eigenvalue weighted by atomic mass is 10.2. The van der Waals surface area contributed by atoms with Gasteiger partial charge in [-0.15, -0.1) is 0 Å². The molecular formula is C15H21N3O. The van der Waals surface area contributed by atoms with Crippen molar-refractivity contribution in [2.24, 2.45) is 5.92 Å². The Kier molecular flexibility index (Phi) is 3.40. The van der Waals surface area contributed by atoms with E-state index in [1.807, 2.05) is 13.0 Å². The normalized spacial score (nSPS) is 18.2. The molecule has 2 fully saturated rings. The fourth-order valence-electron chi connectivity index (χ4n) is 2.43. The SMILES string of the molecule is CCNc1ccncc1C(=O)N(CC1CC1)C1CC1. The highest BCUT2D eigenvalue weighted by Gasteiger charge is 2.37. The Labute approximate surface area is 114 Å². The Morgan fingerprint density at radius 1 is 1.42 bits per heavy atom. The second-order valence-corrected chi connectivity index (χ2v) is 5.58. The van der Waals surface area contributed by atoms with Gasteiger partial charge < -0.3 is 10.2 Å². The summed E-state index contributed by atoms with van der Waals surface area (Å²) in [5.41, 5.74) is 1.63. The Balaban J connectivity index is 1.80. The molecule has 2 aliphatic carbocycles. The van der Waals surface area contributed by atoms with Crippen molar-refractivity contribution >= 4 is 11.6 Å². The van der Waals surface area contributed by atoms with Crippen molar-refractivity contribution in [2.45, 2.75) is 38.6 Å². The summed E-state index contributed by atoms with van der Waals surface area (Å²) >= 11 is 0. The third kappa shape index (κ3) is 2.88. The average Bonchev–Trinajstić information content (AvgIpc) is 3.28. The maximum absolute atomic E-state index is 12.7. The summed E-state index contributed by atoms with van der Waals surface area (Å²) < 4.78 is 0. The molecule has 0 aliphatic heterocycles. The number of pyridine rings is 1. The summed E-state index contributed by atoms with van der Waals surface area (Å²) in [5.74, 6) is 0.891. The summed E-state index contributed by atoms with van der Waals surface area (Å²) in [5, 5.41) is 3.25. The molecule has 2 aliphatic rings. The minimum Gasteiger partial charge on any atom is -0.385 e. The quantitative estimate of drug-likeness (QED) is 0.854. The molecule has 1 amide bonds. The topological polar surface area (TPSA) is 45.2 Å². The highest BCUT2D eigenvalue weighted by molar-refractivity contribution is 5.99. The van der Waals surface area contributed by atoms with Crippen molar-refractivity contribution in [1.29, 1.82) is 0 Å². The minimum absolute atomic E-state index is 0.151. The standard InChI is InChI=1S/C15H21N3O/c1-2-17-14-7-8-16-9-13(14)15(19)18(12-5-6-12)10-11-3-4-11/h7-9,11-12H,2-6,10H2,1H3,(H,16,17). The molecule has 0 bridgehead atoms. The lowest BCUT2D eigenvalue weighted by molar-refractivity contribution is 0.0735. The molecule has 0 saturated heterocycles. The van der Waals surface area contributed by atoms with Crippen LogP contribution in [0.15, 0.2) is 18.5 Å². The third-order valence-corrected chi connectivity index (χ3v) is 3.82. The first kappa shape index (κ1) is 12.5. The third-order valence-electron chi connectivity index (χ3n) is 3.82. The van der Waals surface area contributed by atoms with Gasteiger partial charge >= 0.3 is 0 Å². The molecule has 4 nitrogen and oxygen atoms in total. The van der Waals surface area contributed by atoms with Crippen LogP contribution in [0.4, 0.5) is 5.69 Å². The molecule has 0 spiro atoms. The second-order valence-electron chi connectivity index (χ2n) is 5.58. The molecule has 0 radical (unpaired) electrons. The van der Waals surface area contributed by atoms with Crippen LogP contribution in [-0.4, -0.2) is 34.9 Å². The van der Waals surface area contributed by atoms with Crippen molar-refractivity contribution in [3.8, 4) is 0 Å². The van der Waals surface area contributed by atoms with Gasteiger partial charge in [-0.25, -0.2) is 0 Å². The van der Waals surface area contributed by atoms with E-state index in [0.717, 1.165) is 43.1 Å². The van der Waals surface area contributed by atoms with Gasteiger partial charge in [-0.2, -0.15) is 0 Å². The molecule has 2 saturated carbocycles. The predicted molar refractivity (Wildman–Crippen MR) is 75.2 cm³/mol. The molecule has 1 heterocycles. The number of rotatable bonds is 6. The molecule has 4 heteroatoms. The molecule has 1 aromatic heterocycles. The summed E-state index contributed by atoms with van der Waals surface area (Å²) in [4.78, 5) is 18.9. The zero-order valence-electron chi connectivity index (χ0n) is 11.4. The number of nitrogens with one attached hydrogen (secondary N) is 1. The largest absolute Gasteiger partial charge is 0.385 e. The molecule has 0 aromatic carbocycles. The van der Waals surface area contributed by atoms with Crippen LogP contribution in [0.25, 0.3) is 0 Å². The van der Waals surface area contributed by atoms with Gasteiger partial charge in [0.15, 0.2) is 0 Å². The number of hydrogen-bond acceptors (Lipinski definition) is 3. The monoisotopic (exact) mass is 259 g/mol. The molecule has 0 unspecified atom stereocenters. The Morgan fingerprint density at radius 3 is 2.84 bits per heavy atom. The Morgan fingerprint density at radius 2 is 2.21 bits per heavy atom. The Hall–Kier alpha value is -1.58. The van der Waals surface area contributed by atoms with Crippen LogP contribution in [-0.2, 0) is 0 Å². The maximum Gasteiger partial charge on any atom is 0.257 e. The average molecular weight is 259 g/mol. The number of nitrogens with zero attached hydrogens (tertiary/aromatic N) is 2. The highest BCUT2D eigenvalue weighted by atomic mass is 16.2. The van der Waals surface area contributed by atoms with Crippen LogP contribution < -0.4 is 5.32 Å². The van der Waals surface area contributed by atoms with E-state index in [-0.39, 0.29) is 5.91 Å². The number of carbonyl (C=O) groups is 1. The van der Waals surface area contributed by atoms with Crippen molar-refractivity contribution in [2.75, 3.05) is 18.4 Å². The van der Waals surface area contributed by atoms with Crippen LogP contribution in [0.1, 0.15) is 43.0 Å². The maximum atomic E-state index is 12.7. The predicted octanol–water partition coefficient (Wildman–Crippen LogP) is 2.53. The summed E-state index contributed by atoms with van der Waals surface area (Å²) in [6.07, 6.45) is 8.32. The summed E-state index contributed by atoms with van der Waals surface area (Å²) in [6.45, 7) is 3.79. The van der Waals surface area contributed by atoms with Crippen LogP contribution >= 0.6 is 0 Å². The van der Waals surface area contributed by atoms with E-state index in [9.17, 15) is 4.79 Å². The first-order valence-corrected chi connectivity index (χ1v) is 7.28. The Bertz CT molecular complexity index is 466. The van der Waals surface area contributed by atoms with Crippen molar-refractivity contribution in [1.82, 2.24) is 9.88 Å². The summed E-state index contributed by atoms with van der Waals surface area (Å²) in [7, 11) is 0. The summed E-state index contributed by atoms with van der Waals surface area (Å²) in [6, 6.07) is 2.36. The number of anilines is 1. The second kappa shape index (κ2) is 5.19. The van der Waals surface area contributed by atoms with Crippen molar-refractivity contribution in [3.63, 3.8) is 0 Å². The van der Waals surface area contributed by atoms with E-state index < -0.39 is 0 Å². The van der Waals surface area contributed by atoms with E-state index in [0.29, 0.717) is 6.04 Å². The number of carbonyl (C=O) groups excluding carboxylic acids is 1. The number of amides is 1. The lowest BCUT2D eigenvalue weighted by Crippen LogP contribution is -2.35. The molecule has 0 atom stereocenters. The first-order chi connectivity index (χ1) is 9.29. The van der Waals surface area contributed by atoms with Gasteiger partial charge in [0, 0.05) is 31.5 Å². The molecule has 102 valence electrons. The molecule has 1 N–H and O–H groups in total. The molecule has 19 heavy (non-hydrogen) atoms. The fraction of sp³-hybridized carbons (Fsp3) is 0.600. The number of aromatic nitrogens is 1. The van der Waals surface area contributed by atoms with Crippen LogP contribution in [0, 0.1) is 5.92 Å². The number of hydrogen-bond donors (Lipinski definition) is 1. The molecule has 3 rings (SSSR count). The van der Waals surface area contributed by atoms with E-state index >= 15 is 0 Å². The molecule has 1 aromatic rings. The lowest BCUT2D eigenvalue weighted by Gasteiger charge is -2.23. The van der Waals surface area contributed by atoms with Gasteiger partial charge in [0.1, 0.15) is 0 Å². The van der Waals surface area contributed by atoms with Gasteiger partial charge in [-0.1, -0.05) is 0 Å².